The maximum absolute atomic E-state index is 11.3. The highest BCUT2D eigenvalue weighted by molar-refractivity contribution is 6.34. The Bertz CT molecular complexity index is 336. The summed E-state index contributed by atoms with van der Waals surface area (Å²) in [5.41, 5.74) is 1.18. The maximum Gasteiger partial charge on any atom is 0.341 e. The molecule has 3 nitrogen and oxygen atoms in total. The highest BCUT2D eigenvalue weighted by Gasteiger charge is 2.13. The van der Waals surface area contributed by atoms with E-state index in [9.17, 15) is 4.79 Å². The minimum atomic E-state index is -0.633. The molecule has 0 heterocycles. The summed E-state index contributed by atoms with van der Waals surface area (Å²) in [5.74, 6) is -0.604. The van der Waals surface area contributed by atoms with Gasteiger partial charge in [0.15, 0.2) is 6.79 Å². The summed E-state index contributed by atoms with van der Waals surface area (Å²) in [6.07, 6.45) is 0.749. The van der Waals surface area contributed by atoms with Crippen LogP contribution in [0.4, 0.5) is 0 Å². The van der Waals surface area contributed by atoms with Crippen LogP contribution in [-0.2, 0) is 11.2 Å². The number of esters is 1. The van der Waals surface area contributed by atoms with Crippen LogP contribution >= 0.6 is 11.6 Å². The summed E-state index contributed by atoms with van der Waals surface area (Å²) in [6, 6.07) is 5.15. The van der Waals surface area contributed by atoms with Crippen molar-refractivity contribution in [2.75, 3.05) is 6.79 Å². The largest absolute Gasteiger partial charge is 0.435 e. The van der Waals surface area contributed by atoms with Crippen LogP contribution in [-0.4, -0.2) is 17.9 Å². The first-order valence-corrected chi connectivity index (χ1v) is 4.63. The number of benzene rings is 1. The number of aliphatic hydroxyl groups excluding tert-OH is 1. The van der Waals surface area contributed by atoms with Crippen LogP contribution in [0.1, 0.15) is 22.8 Å². The molecule has 1 rings (SSSR count). The summed E-state index contributed by atoms with van der Waals surface area (Å²) < 4.78 is 4.44. The molecule has 1 N–H and O–H groups in total. The predicted octanol–water partition coefficient (Wildman–Crippen LogP) is 2.01. The molecule has 0 amide bonds. The van der Waals surface area contributed by atoms with Gasteiger partial charge in [0.1, 0.15) is 0 Å². The zero-order chi connectivity index (χ0) is 10.6. The van der Waals surface area contributed by atoms with Gasteiger partial charge in [-0.05, 0) is 18.1 Å². The number of rotatable bonds is 3. The van der Waals surface area contributed by atoms with Crippen molar-refractivity contribution in [1.29, 1.82) is 0 Å². The zero-order valence-corrected chi connectivity index (χ0v) is 8.54. The summed E-state index contributed by atoms with van der Waals surface area (Å²) in [6.45, 7) is 1.31. The van der Waals surface area contributed by atoms with Gasteiger partial charge in [-0.2, -0.15) is 0 Å². The average molecular weight is 215 g/mol. The first-order chi connectivity index (χ1) is 6.70. The van der Waals surface area contributed by atoms with Crippen LogP contribution < -0.4 is 0 Å². The Balaban J connectivity index is 3.03. The summed E-state index contributed by atoms with van der Waals surface area (Å²) in [7, 11) is 0. The van der Waals surface area contributed by atoms with Crippen LogP contribution in [0.5, 0.6) is 0 Å². The van der Waals surface area contributed by atoms with E-state index in [-0.39, 0.29) is 0 Å². The Hall–Kier alpha value is -1.06. The number of aryl methyl sites for hydroxylation is 1. The molecule has 0 fully saturated rings. The molecule has 1 aromatic carbocycles. The second-order valence-corrected chi connectivity index (χ2v) is 3.07. The summed E-state index contributed by atoms with van der Waals surface area (Å²) in [4.78, 5) is 11.3. The van der Waals surface area contributed by atoms with Gasteiger partial charge in [0.05, 0.1) is 10.6 Å². The van der Waals surface area contributed by atoms with Gasteiger partial charge >= 0.3 is 5.97 Å². The molecule has 0 saturated carbocycles. The van der Waals surface area contributed by atoms with Crippen molar-refractivity contribution < 1.29 is 14.6 Å². The number of halogens is 1. The maximum atomic E-state index is 11.3. The third-order valence-corrected chi connectivity index (χ3v) is 2.32. The lowest BCUT2D eigenvalue weighted by atomic mass is 10.1. The molecular formula is C10H11ClO3. The second-order valence-electron chi connectivity index (χ2n) is 2.69. The van der Waals surface area contributed by atoms with Crippen molar-refractivity contribution in [2.45, 2.75) is 13.3 Å². The number of ether oxygens (including phenoxy) is 1. The van der Waals surface area contributed by atoms with Gasteiger partial charge in [-0.1, -0.05) is 30.7 Å². The Morgan fingerprint density at radius 2 is 2.29 bits per heavy atom. The van der Waals surface area contributed by atoms with E-state index < -0.39 is 12.8 Å². The molecule has 0 atom stereocenters. The van der Waals surface area contributed by atoms with Crippen molar-refractivity contribution in [1.82, 2.24) is 0 Å². The fraction of sp³-hybridized carbons (Fsp3) is 0.300. The molecular weight excluding hydrogens is 204 g/mol. The molecule has 0 aliphatic carbocycles. The fourth-order valence-corrected chi connectivity index (χ4v) is 1.48. The number of aliphatic hydroxyl groups is 1. The molecule has 0 aromatic heterocycles. The van der Waals surface area contributed by atoms with E-state index in [2.05, 4.69) is 4.74 Å². The Morgan fingerprint density at radius 3 is 2.86 bits per heavy atom. The predicted molar refractivity (Wildman–Crippen MR) is 53.3 cm³/mol. The van der Waals surface area contributed by atoms with Crippen molar-refractivity contribution in [2.24, 2.45) is 0 Å². The SMILES string of the molecule is CCc1cccc(C(=O)OCO)c1Cl. The van der Waals surface area contributed by atoms with E-state index in [1.54, 1.807) is 12.1 Å². The third kappa shape index (κ3) is 2.25. The molecule has 76 valence electrons. The molecule has 1 aromatic rings. The standard InChI is InChI=1S/C10H11ClO3/c1-2-7-4-3-5-8(9(7)11)10(13)14-6-12/h3-5,12H,2,6H2,1H3. The first kappa shape index (κ1) is 11.0. The molecule has 0 saturated heterocycles. The molecule has 0 aliphatic rings. The molecule has 0 unspecified atom stereocenters. The Kier molecular flexibility index (Phi) is 3.92. The lowest BCUT2D eigenvalue weighted by molar-refractivity contribution is 0.00685. The average Bonchev–Trinajstić information content (AvgIpc) is 2.18. The molecule has 14 heavy (non-hydrogen) atoms. The number of carbonyl (C=O) groups is 1. The van der Waals surface area contributed by atoms with E-state index in [1.165, 1.54) is 0 Å². The van der Waals surface area contributed by atoms with Crippen LogP contribution in [0.15, 0.2) is 18.2 Å². The van der Waals surface area contributed by atoms with Gasteiger partial charge in [0.2, 0.25) is 0 Å². The highest BCUT2D eigenvalue weighted by Crippen LogP contribution is 2.22. The topological polar surface area (TPSA) is 46.5 Å². The fourth-order valence-electron chi connectivity index (χ4n) is 1.15. The van der Waals surface area contributed by atoms with Crippen molar-refractivity contribution in [3.63, 3.8) is 0 Å². The van der Waals surface area contributed by atoms with Crippen molar-refractivity contribution >= 4 is 17.6 Å². The van der Waals surface area contributed by atoms with Crippen LogP contribution in [0.3, 0.4) is 0 Å². The van der Waals surface area contributed by atoms with Crippen LogP contribution in [0.2, 0.25) is 5.02 Å². The molecule has 0 spiro atoms. The van der Waals surface area contributed by atoms with Crippen molar-refractivity contribution in [3.05, 3.63) is 34.3 Å². The van der Waals surface area contributed by atoms with Gasteiger partial charge in [-0.3, -0.25) is 0 Å². The van der Waals surface area contributed by atoms with E-state index >= 15 is 0 Å². The molecule has 0 aliphatic heterocycles. The molecule has 0 bridgehead atoms. The first-order valence-electron chi connectivity index (χ1n) is 4.26. The normalized spacial score (nSPS) is 9.93. The quantitative estimate of drug-likeness (QED) is 0.619. The number of hydrogen-bond acceptors (Lipinski definition) is 3. The second kappa shape index (κ2) is 4.98. The number of carbonyl (C=O) groups excluding carboxylic acids is 1. The lowest BCUT2D eigenvalue weighted by Crippen LogP contribution is -2.07. The van der Waals surface area contributed by atoms with Gasteiger partial charge in [-0.15, -0.1) is 0 Å². The van der Waals surface area contributed by atoms with Gasteiger partial charge in [-0.25, -0.2) is 4.79 Å². The minimum Gasteiger partial charge on any atom is -0.435 e. The van der Waals surface area contributed by atoms with E-state index in [4.69, 9.17) is 16.7 Å². The summed E-state index contributed by atoms with van der Waals surface area (Å²) in [5, 5.41) is 8.83. The van der Waals surface area contributed by atoms with E-state index in [0.717, 1.165) is 12.0 Å². The third-order valence-electron chi connectivity index (χ3n) is 1.88. The Morgan fingerprint density at radius 1 is 1.57 bits per heavy atom. The molecule has 4 heteroatoms. The lowest BCUT2D eigenvalue weighted by Gasteiger charge is -2.06. The van der Waals surface area contributed by atoms with E-state index in [0.29, 0.717) is 10.6 Å². The highest BCUT2D eigenvalue weighted by atomic mass is 35.5. The Labute approximate surface area is 87.3 Å². The van der Waals surface area contributed by atoms with Crippen LogP contribution in [0.25, 0.3) is 0 Å². The number of hydrogen-bond donors (Lipinski definition) is 1. The monoisotopic (exact) mass is 214 g/mol. The van der Waals surface area contributed by atoms with Gasteiger partial charge in [0.25, 0.3) is 0 Å². The van der Waals surface area contributed by atoms with Gasteiger partial charge < -0.3 is 9.84 Å². The van der Waals surface area contributed by atoms with E-state index in [1.807, 2.05) is 13.0 Å². The zero-order valence-electron chi connectivity index (χ0n) is 7.79. The smallest absolute Gasteiger partial charge is 0.341 e. The van der Waals surface area contributed by atoms with Crippen LogP contribution in [0, 0.1) is 0 Å². The van der Waals surface area contributed by atoms with Crippen molar-refractivity contribution in [3.8, 4) is 0 Å². The minimum absolute atomic E-state index is 0.292. The van der Waals surface area contributed by atoms with Gasteiger partial charge in [0, 0.05) is 0 Å². The summed E-state index contributed by atoms with van der Waals surface area (Å²) >= 11 is 5.96. The molecule has 0 radical (unpaired) electrons.